The van der Waals surface area contributed by atoms with Gasteiger partial charge in [-0.05, 0) is 37.3 Å². The molecule has 31 heavy (non-hydrogen) atoms. The molecule has 0 saturated carbocycles. The maximum Gasteiger partial charge on any atom is 0.272 e. The maximum atomic E-state index is 13.1. The Morgan fingerprint density at radius 1 is 1.03 bits per heavy atom. The van der Waals surface area contributed by atoms with Crippen LogP contribution in [0.25, 0.3) is 0 Å². The number of carbonyl (C=O) groups excluding carboxylic acids is 2. The highest BCUT2D eigenvalue weighted by Gasteiger charge is 2.26. The Kier molecular flexibility index (Phi) is 6.46. The van der Waals surface area contributed by atoms with E-state index in [0.29, 0.717) is 37.6 Å². The predicted octanol–water partition coefficient (Wildman–Crippen LogP) is 3.60. The van der Waals surface area contributed by atoms with Gasteiger partial charge in [0.2, 0.25) is 0 Å². The number of amides is 2. The molecule has 0 radical (unpaired) electrons. The summed E-state index contributed by atoms with van der Waals surface area (Å²) in [5.41, 5.74) is 4.33. The number of hydrogen-bond donors (Lipinski definition) is 1. The highest BCUT2D eigenvalue weighted by atomic mass is 16.2. The van der Waals surface area contributed by atoms with Gasteiger partial charge in [0.1, 0.15) is 5.69 Å². The molecule has 0 unspecified atom stereocenters. The highest BCUT2D eigenvalue weighted by molar-refractivity contribution is 5.98. The first kappa shape index (κ1) is 20.8. The zero-order valence-electron chi connectivity index (χ0n) is 17.9. The summed E-state index contributed by atoms with van der Waals surface area (Å²) in [5, 5.41) is 7.34. The minimum atomic E-state index is -0.230. The Morgan fingerprint density at radius 3 is 2.65 bits per heavy atom. The van der Waals surface area contributed by atoms with Gasteiger partial charge in [-0.2, -0.15) is 5.10 Å². The normalized spacial score (nSPS) is 13.6. The van der Waals surface area contributed by atoms with E-state index in [9.17, 15) is 9.59 Å². The van der Waals surface area contributed by atoms with E-state index in [4.69, 9.17) is 0 Å². The van der Waals surface area contributed by atoms with Crippen molar-refractivity contribution in [3.05, 3.63) is 88.7 Å². The molecule has 0 bridgehead atoms. The fourth-order valence-electron chi connectivity index (χ4n) is 3.96. The molecule has 4 rings (SSSR count). The second-order valence-corrected chi connectivity index (χ2v) is 8.05. The third kappa shape index (κ3) is 5.20. The number of hydrogen-bond acceptors (Lipinski definition) is 3. The third-order valence-electron chi connectivity index (χ3n) is 5.54. The van der Waals surface area contributed by atoms with Crippen molar-refractivity contribution in [2.75, 3.05) is 13.1 Å². The number of fused-ring (bicyclic) bond motifs is 1. The van der Waals surface area contributed by atoms with Gasteiger partial charge in [-0.25, -0.2) is 0 Å². The van der Waals surface area contributed by atoms with E-state index in [-0.39, 0.29) is 11.8 Å². The van der Waals surface area contributed by atoms with Gasteiger partial charge in [0.15, 0.2) is 5.69 Å². The first-order valence-electron chi connectivity index (χ1n) is 10.8. The van der Waals surface area contributed by atoms with Crippen LogP contribution in [0.4, 0.5) is 0 Å². The third-order valence-corrected chi connectivity index (χ3v) is 5.54. The van der Waals surface area contributed by atoms with Crippen molar-refractivity contribution in [2.45, 2.75) is 39.3 Å². The molecule has 6 heteroatoms. The van der Waals surface area contributed by atoms with Crippen LogP contribution in [0.3, 0.4) is 0 Å². The quantitative estimate of drug-likeness (QED) is 0.599. The summed E-state index contributed by atoms with van der Waals surface area (Å²) < 4.78 is 1.68. The fourth-order valence-corrected chi connectivity index (χ4v) is 3.96. The monoisotopic (exact) mass is 416 g/mol. The topological polar surface area (TPSA) is 67.2 Å². The molecule has 0 aliphatic carbocycles. The van der Waals surface area contributed by atoms with Gasteiger partial charge in [0, 0.05) is 32.2 Å². The van der Waals surface area contributed by atoms with Gasteiger partial charge < -0.3 is 10.2 Å². The molecular formula is C25H28N4O2. The van der Waals surface area contributed by atoms with Crippen molar-refractivity contribution in [3.63, 3.8) is 0 Å². The van der Waals surface area contributed by atoms with Crippen molar-refractivity contribution < 1.29 is 9.59 Å². The van der Waals surface area contributed by atoms with Crippen molar-refractivity contribution in [2.24, 2.45) is 0 Å². The average molecular weight is 417 g/mol. The second kappa shape index (κ2) is 9.60. The molecule has 2 heterocycles. The summed E-state index contributed by atoms with van der Waals surface area (Å²) in [6, 6.07) is 20.0. The molecule has 160 valence electrons. The first-order valence-corrected chi connectivity index (χ1v) is 10.8. The van der Waals surface area contributed by atoms with E-state index in [2.05, 4.69) is 28.6 Å². The summed E-state index contributed by atoms with van der Waals surface area (Å²) >= 11 is 0. The predicted molar refractivity (Wildman–Crippen MR) is 120 cm³/mol. The molecule has 1 aromatic heterocycles. The van der Waals surface area contributed by atoms with Crippen LogP contribution in [-0.2, 0) is 19.5 Å². The zero-order chi connectivity index (χ0) is 21.6. The van der Waals surface area contributed by atoms with Gasteiger partial charge in [-0.1, -0.05) is 60.2 Å². The fraction of sp³-hybridized carbons (Fsp3) is 0.320. The Hall–Kier alpha value is -3.41. The number of aromatic nitrogens is 2. The summed E-state index contributed by atoms with van der Waals surface area (Å²) in [7, 11) is 0. The van der Waals surface area contributed by atoms with Crippen LogP contribution in [0.2, 0.25) is 0 Å². The molecule has 1 aliphatic rings. The number of nitrogens with zero attached hydrogens (tertiary/aromatic N) is 3. The lowest BCUT2D eigenvalue weighted by Crippen LogP contribution is -2.30. The average Bonchev–Trinajstić information content (AvgIpc) is 3.15. The van der Waals surface area contributed by atoms with Crippen molar-refractivity contribution >= 4 is 11.8 Å². The molecule has 0 spiro atoms. The molecule has 3 aromatic rings. The summed E-state index contributed by atoms with van der Waals surface area (Å²) in [6.07, 6.45) is 2.57. The van der Waals surface area contributed by atoms with Crippen LogP contribution >= 0.6 is 0 Å². The lowest BCUT2D eigenvalue weighted by molar-refractivity contribution is 0.0745. The smallest absolute Gasteiger partial charge is 0.272 e. The zero-order valence-corrected chi connectivity index (χ0v) is 17.9. The molecule has 2 amide bonds. The van der Waals surface area contributed by atoms with E-state index < -0.39 is 0 Å². The Bertz CT molecular complexity index is 1060. The van der Waals surface area contributed by atoms with Crippen LogP contribution in [0.15, 0.2) is 60.7 Å². The lowest BCUT2D eigenvalue weighted by atomic mass is 10.1. The van der Waals surface area contributed by atoms with E-state index in [1.807, 2.05) is 48.2 Å². The Morgan fingerprint density at radius 2 is 1.84 bits per heavy atom. The van der Waals surface area contributed by atoms with Crippen LogP contribution < -0.4 is 5.32 Å². The van der Waals surface area contributed by atoms with Gasteiger partial charge in [0.05, 0.1) is 0 Å². The molecule has 0 fully saturated rings. The van der Waals surface area contributed by atoms with Crippen molar-refractivity contribution in [1.29, 1.82) is 0 Å². The van der Waals surface area contributed by atoms with E-state index in [1.165, 1.54) is 11.1 Å². The molecule has 1 aliphatic heterocycles. The number of nitrogens with one attached hydrogen (secondary N) is 1. The Labute approximate surface area is 182 Å². The SMILES string of the molecule is Cc1cccc(CN2CCCn3nc(C(=O)NCCCc4ccccc4)cc3C2=O)c1. The van der Waals surface area contributed by atoms with Crippen LogP contribution in [0.1, 0.15) is 50.5 Å². The minimum Gasteiger partial charge on any atom is -0.351 e. The molecule has 0 saturated heterocycles. The van der Waals surface area contributed by atoms with Crippen LogP contribution in [0.5, 0.6) is 0 Å². The van der Waals surface area contributed by atoms with Crippen LogP contribution in [0, 0.1) is 6.92 Å². The summed E-state index contributed by atoms with van der Waals surface area (Å²) in [5.74, 6) is -0.304. The molecule has 1 N–H and O–H groups in total. The summed E-state index contributed by atoms with van der Waals surface area (Å²) in [4.78, 5) is 27.5. The molecular weight excluding hydrogens is 388 g/mol. The van der Waals surface area contributed by atoms with E-state index in [1.54, 1.807) is 10.7 Å². The van der Waals surface area contributed by atoms with Gasteiger partial charge >= 0.3 is 0 Å². The van der Waals surface area contributed by atoms with Gasteiger partial charge in [-0.3, -0.25) is 14.3 Å². The van der Waals surface area contributed by atoms with E-state index in [0.717, 1.165) is 24.8 Å². The standard InChI is InChI=1S/C25H28N4O2/c1-19-8-5-11-21(16-19)18-28-14-7-15-29-23(25(28)31)17-22(27-29)24(30)26-13-6-12-20-9-3-2-4-10-20/h2-5,8-11,16-17H,6-7,12-15,18H2,1H3,(H,26,30). The van der Waals surface area contributed by atoms with Crippen molar-refractivity contribution in [3.8, 4) is 0 Å². The Balaban J connectivity index is 1.37. The maximum absolute atomic E-state index is 13.1. The van der Waals surface area contributed by atoms with Gasteiger partial charge in [0.25, 0.3) is 11.8 Å². The molecule has 0 atom stereocenters. The largest absolute Gasteiger partial charge is 0.351 e. The first-order chi connectivity index (χ1) is 15.1. The van der Waals surface area contributed by atoms with E-state index >= 15 is 0 Å². The minimum absolute atomic E-state index is 0.0744. The van der Waals surface area contributed by atoms with Gasteiger partial charge in [-0.15, -0.1) is 0 Å². The van der Waals surface area contributed by atoms with Crippen LogP contribution in [-0.4, -0.2) is 39.6 Å². The summed E-state index contributed by atoms with van der Waals surface area (Å²) in [6.45, 7) is 4.49. The number of aryl methyl sites for hydroxylation is 3. The number of carbonyl (C=O) groups is 2. The molecule has 6 nitrogen and oxygen atoms in total. The lowest BCUT2D eigenvalue weighted by Gasteiger charge is -2.20. The number of rotatable bonds is 7. The molecule has 2 aromatic carbocycles. The highest BCUT2D eigenvalue weighted by Crippen LogP contribution is 2.17. The number of benzene rings is 2. The second-order valence-electron chi connectivity index (χ2n) is 8.05. The van der Waals surface area contributed by atoms with Crippen molar-refractivity contribution in [1.82, 2.24) is 20.0 Å².